The molecule has 0 aliphatic rings. The summed E-state index contributed by atoms with van der Waals surface area (Å²) in [5.41, 5.74) is 3.10. The predicted molar refractivity (Wildman–Crippen MR) is 61.0 cm³/mol. The van der Waals surface area contributed by atoms with Crippen LogP contribution in [-0.4, -0.2) is 12.1 Å². The Labute approximate surface area is 89.6 Å². The number of methoxy groups -OCH3 is 1. The van der Waals surface area contributed by atoms with E-state index in [-0.39, 0.29) is 0 Å². The Bertz CT molecular complexity index is 451. The topological polar surface area (TPSA) is 22.1 Å². The summed E-state index contributed by atoms with van der Waals surface area (Å²) >= 11 is 0. The van der Waals surface area contributed by atoms with Crippen LogP contribution in [0.25, 0.3) is 11.3 Å². The standard InChI is InChI=1S/C13H13NO/c1-10-9-14-12(8-13(10)15-2)11-6-4-3-5-7-11/h3-9H,1-2H3. The van der Waals surface area contributed by atoms with Gasteiger partial charge < -0.3 is 4.74 Å². The van der Waals surface area contributed by atoms with Crippen LogP contribution in [0.5, 0.6) is 5.75 Å². The second kappa shape index (κ2) is 4.13. The fourth-order valence-electron chi connectivity index (χ4n) is 1.49. The quantitative estimate of drug-likeness (QED) is 0.741. The van der Waals surface area contributed by atoms with Crippen LogP contribution >= 0.6 is 0 Å². The van der Waals surface area contributed by atoms with Gasteiger partial charge in [-0.3, -0.25) is 4.98 Å². The molecule has 2 aromatic rings. The molecule has 0 aliphatic heterocycles. The number of aromatic nitrogens is 1. The van der Waals surface area contributed by atoms with Crippen molar-refractivity contribution >= 4 is 0 Å². The first-order chi connectivity index (χ1) is 7.31. The molecule has 15 heavy (non-hydrogen) atoms. The van der Waals surface area contributed by atoms with Crippen LogP contribution in [0, 0.1) is 6.92 Å². The largest absolute Gasteiger partial charge is 0.496 e. The van der Waals surface area contributed by atoms with Crippen molar-refractivity contribution in [3.8, 4) is 17.0 Å². The number of pyridine rings is 1. The molecule has 1 aromatic heterocycles. The molecule has 0 saturated heterocycles. The first-order valence-electron chi connectivity index (χ1n) is 4.87. The fraction of sp³-hybridized carbons (Fsp3) is 0.154. The van der Waals surface area contributed by atoms with Gasteiger partial charge in [-0.05, 0) is 6.92 Å². The first-order valence-corrected chi connectivity index (χ1v) is 4.87. The Hall–Kier alpha value is -1.83. The van der Waals surface area contributed by atoms with Crippen LogP contribution in [0.3, 0.4) is 0 Å². The lowest BCUT2D eigenvalue weighted by molar-refractivity contribution is 0.411. The molecular weight excluding hydrogens is 186 g/mol. The average Bonchev–Trinajstić information content (AvgIpc) is 2.31. The van der Waals surface area contributed by atoms with E-state index in [0.717, 1.165) is 22.6 Å². The van der Waals surface area contributed by atoms with E-state index in [1.54, 1.807) is 7.11 Å². The third kappa shape index (κ3) is 1.99. The maximum Gasteiger partial charge on any atom is 0.125 e. The molecule has 0 bridgehead atoms. The van der Waals surface area contributed by atoms with Gasteiger partial charge in [0, 0.05) is 23.4 Å². The normalized spacial score (nSPS) is 10.0. The Balaban J connectivity index is 2.46. The van der Waals surface area contributed by atoms with Crippen LogP contribution in [0.2, 0.25) is 0 Å². The van der Waals surface area contributed by atoms with Gasteiger partial charge in [0.2, 0.25) is 0 Å². The van der Waals surface area contributed by atoms with Crippen molar-refractivity contribution in [1.82, 2.24) is 4.98 Å². The summed E-state index contributed by atoms with van der Waals surface area (Å²) in [7, 11) is 1.68. The lowest BCUT2D eigenvalue weighted by Crippen LogP contribution is -1.90. The van der Waals surface area contributed by atoms with Crippen molar-refractivity contribution in [2.75, 3.05) is 7.11 Å². The third-order valence-corrected chi connectivity index (χ3v) is 2.34. The maximum atomic E-state index is 5.27. The summed E-state index contributed by atoms with van der Waals surface area (Å²) in [5, 5.41) is 0. The second-order valence-electron chi connectivity index (χ2n) is 3.41. The van der Waals surface area contributed by atoms with E-state index >= 15 is 0 Å². The number of nitrogens with zero attached hydrogens (tertiary/aromatic N) is 1. The summed E-state index contributed by atoms with van der Waals surface area (Å²) < 4.78 is 5.27. The molecule has 76 valence electrons. The van der Waals surface area contributed by atoms with Crippen molar-refractivity contribution in [1.29, 1.82) is 0 Å². The van der Waals surface area contributed by atoms with Crippen molar-refractivity contribution in [3.05, 3.63) is 48.2 Å². The van der Waals surface area contributed by atoms with Gasteiger partial charge in [0.25, 0.3) is 0 Å². The van der Waals surface area contributed by atoms with Gasteiger partial charge in [-0.1, -0.05) is 30.3 Å². The van der Waals surface area contributed by atoms with Crippen molar-refractivity contribution in [3.63, 3.8) is 0 Å². The Kier molecular flexibility index (Phi) is 2.68. The van der Waals surface area contributed by atoms with E-state index in [4.69, 9.17) is 4.74 Å². The van der Waals surface area contributed by atoms with Crippen LogP contribution in [0.4, 0.5) is 0 Å². The molecule has 0 fully saturated rings. The molecule has 2 rings (SSSR count). The highest BCUT2D eigenvalue weighted by molar-refractivity contribution is 5.61. The number of benzene rings is 1. The fourth-order valence-corrected chi connectivity index (χ4v) is 1.49. The lowest BCUT2D eigenvalue weighted by Gasteiger charge is -2.06. The van der Waals surface area contributed by atoms with E-state index < -0.39 is 0 Å². The zero-order valence-corrected chi connectivity index (χ0v) is 8.90. The van der Waals surface area contributed by atoms with Crippen molar-refractivity contribution < 1.29 is 4.74 Å². The average molecular weight is 199 g/mol. The molecule has 2 nitrogen and oxygen atoms in total. The molecule has 0 saturated carbocycles. The van der Waals surface area contributed by atoms with E-state index in [1.807, 2.05) is 49.5 Å². The second-order valence-corrected chi connectivity index (χ2v) is 3.41. The van der Waals surface area contributed by atoms with Crippen LogP contribution in [-0.2, 0) is 0 Å². The molecule has 0 amide bonds. The number of hydrogen-bond donors (Lipinski definition) is 0. The maximum absolute atomic E-state index is 5.27. The van der Waals surface area contributed by atoms with Gasteiger partial charge in [-0.25, -0.2) is 0 Å². The highest BCUT2D eigenvalue weighted by Gasteiger charge is 2.03. The molecule has 0 atom stereocenters. The number of rotatable bonds is 2. The van der Waals surface area contributed by atoms with E-state index in [1.165, 1.54) is 0 Å². The van der Waals surface area contributed by atoms with Gasteiger partial charge in [0.05, 0.1) is 12.8 Å². The predicted octanol–water partition coefficient (Wildman–Crippen LogP) is 3.07. The molecule has 0 aliphatic carbocycles. The van der Waals surface area contributed by atoms with E-state index in [9.17, 15) is 0 Å². The van der Waals surface area contributed by atoms with Crippen LogP contribution in [0.15, 0.2) is 42.6 Å². The van der Waals surface area contributed by atoms with Gasteiger partial charge in [-0.2, -0.15) is 0 Å². The number of hydrogen-bond acceptors (Lipinski definition) is 2. The molecule has 2 heteroatoms. The smallest absolute Gasteiger partial charge is 0.125 e. The molecular formula is C13H13NO. The minimum absolute atomic E-state index is 0.879. The SMILES string of the molecule is COc1cc(-c2ccccc2)ncc1C. The number of aryl methyl sites for hydroxylation is 1. The molecule has 0 unspecified atom stereocenters. The van der Waals surface area contributed by atoms with E-state index in [2.05, 4.69) is 4.98 Å². The van der Waals surface area contributed by atoms with Crippen LogP contribution in [0.1, 0.15) is 5.56 Å². The summed E-state index contributed by atoms with van der Waals surface area (Å²) in [6, 6.07) is 12.0. The van der Waals surface area contributed by atoms with Crippen molar-refractivity contribution in [2.24, 2.45) is 0 Å². The monoisotopic (exact) mass is 199 g/mol. The molecule has 0 radical (unpaired) electrons. The highest BCUT2D eigenvalue weighted by atomic mass is 16.5. The summed E-state index contributed by atoms with van der Waals surface area (Å²) in [6.07, 6.45) is 1.83. The Morgan fingerprint density at radius 1 is 1.13 bits per heavy atom. The first kappa shape index (κ1) is 9.71. The summed E-state index contributed by atoms with van der Waals surface area (Å²) in [6.45, 7) is 1.99. The van der Waals surface area contributed by atoms with Crippen LogP contribution < -0.4 is 4.74 Å². The summed E-state index contributed by atoms with van der Waals surface area (Å²) in [4.78, 5) is 4.38. The zero-order valence-electron chi connectivity index (χ0n) is 8.90. The zero-order chi connectivity index (χ0) is 10.7. The Morgan fingerprint density at radius 3 is 2.53 bits per heavy atom. The molecule has 1 aromatic carbocycles. The van der Waals surface area contributed by atoms with Gasteiger partial charge in [0.1, 0.15) is 5.75 Å². The third-order valence-electron chi connectivity index (χ3n) is 2.34. The van der Waals surface area contributed by atoms with E-state index in [0.29, 0.717) is 0 Å². The molecule has 0 N–H and O–H groups in total. The minimum Gasteiger partial charge on any atom is -0.496 e. The Morgan fingerprint density at radius 2 is 1.87 bits per heavy atom. The van der Waals surface area contributed by atoms with Gasteiger partial charge in [-0.15, -0.1) is 0 Å². The lowest BCUT2D eigenvalue weighted by atomic mass is 10.1. The molecule has 1 heterocycles. The highest BCUT2D eigenvalue weighted by Crippen LogP contribution is 2.23. The summed E-state index contributed by atoms with van der Waals surface area (Å²) in [5.74, 6) is 0.879. The minimum atomic E-state index is 0.879. The number of ether oxygens (including phenoxy) is 1. The van der Waals surface area contributed by atoms with Gasteiger partial charge in [0.15, 0.2) is 0 Å². The van der Waals surface area contributed by atoms with Crippen molar-refractivity contribution in [2.45, 2.75) is 6.92 Å². The van der Waals surface area contributed by atoms with Gasteiger partial charge >= 0.3 is 0 Å². The molecule has 0 spiro atoms.